The second kappa shape index (κ2) is 7.20. The van der Waals surface area contributed by atoms with Gasteiger partial charge < -0.3 is 10.6 Å². The number of hydrogen-bond acceptors (Lipinski definition) is 3. The van der Waals surface area contributed by atoms with E-state index in [1.807, 2.05) is 32.2 Å². The predicted octanol–water partition coefficient (Wildman–Crippen LogP) is 2.38. The fourth-order valence-corrected chi connectivity index (χ4v) is 3.04. The number of halogens is 1. The van der Waals surface area contributed by atoms with E-state index >= 15 is 0 Å². The fourth-order valence-electron chi connectivity index (χ4n) is 2.56. The lowest BCUT2D eigenvalue weighted by atomic mass is 10.1. The first-order chi connectivity index (χ1) is 9.56. The lowest BCUT2D eigenvalue weighted by molar-refractivity contribution is -0.117. The zero-order valence-electron chi connectivity index (χ0n) is 12.1. The van der Waals surface area contributed by atoms with Crippen molar-refractivity contribution < 1.29 is 4.79 Å². The SMILES string of the molecule is Cc1cc(Br)ccc1NC(=O)CN(C)C1CCNCC1. The summed E-state index contributed by atoms with van der Waals surface area (Å²) in [5.74, 6) is 0.0523. The Hall–Kier alpha value is -0.910. The van der Waals surface area contributed by atoms with Crippen molar-refractivity contribution in [2.24, 2.45) is 0 Å². The van der Waals surface area contributed by atoms with Crippen LogP contribution in [0.1, 0.15) is 18.4 Å². The van der Waals surface area contributed by atoms with E-state index < -0.39 is 0 Å². The van der Waals surface area contributed by atoms with Gasteiger partial charge in [-0.05, 0) is 63.7 Å². The van der Waals surface area contributed by atoms with Gasteiger partial charge in [0, 0.05) is 16.2 Å². The minimum Gasteiger partial charge on any atom is -0.325 e. The van der Waals surface area contributed by atoms with Crippen LogP contribution in [0, 0.1) is 6.92 Å². The van der Waals surface area contributed by atoms with Crippen LogP contribution in [0.2, 0.25) is 0 Å². The maximum atomic E-state index is 12.1. The van der Waals surface area contributed by atoms with Crippen molar-refractivity contribution in [3.63, 3.8) is 0 Å². The van der Waals surface area contributed by atoms with Gasteiger partial charge in [0.2, 0.25) is 5.91 Å². The van der Waals surface area contributed by atoms with Gasteiger partial charge in [0.25, 0.3) is 0 Å². The molecular weight excluding hydrogens is 318 g/mol. The highest BCUT2D eigenvalue weighted by Gasteiger charge is 2.19. The molecule has 1 heterocycles. The summed E-state index contributed by atoms with van der Waals surface area (Å²) in [4.78, 5) is 14.3. The van der Waals surface area contributed by atoms with Crippen LogP contribution in [-0.4, -0.2) is 43.5 Å². The van der Waals surface area contributed by atoms with E-state index in [1.165, 1.54) is 0 Å². The van der Waals surface area contributed by atoms with Gasteiger partial charge in [0.05, 0.1) is 6.54 Å². The number of carbonyl (C=O) groups excluding carboxylic acids is 1. The van der Waals surface area contributed by atoms with E-state index in [0.717, 1.165) is 41.7 Å². The number of nitrogens with one attached hydrogen (secondary N) is 2. The number of amides is 1. The molecule has 1 fully saturated rings. The Morgan fingerprint density at radius 2 is 2.15 bits per heavy atom. The second-order valence-corrected chi connectivity index (χ2v) is 6.32. The van der Waals surface area contributed by atoms with E-state index in [-0.39, 0.29) is 5.91 Å². The number of likely N-dealkylation sites (N-methyl/N-ethyl adjacent to an activating group) is 1. The molecule has 1 amide bonds. The van der Waals surface area contributed by atoms with E-state index in [1.54, 1.807) is 0 Å². The quantitative estimate of drug-likeness (QED) is 0.885. The molecule has 1 aromatic carbocycles. The molecule has 0 saturated carbocycles. The highest BCUT2D eigenvalue weighted by atomic mass is 79.9. The molecule has 1 aromatic rings. The zero-order chi connectivity index (χ0) is 14.5. The molecule has 0 bridgehead atoms. The van der Waals surface area contributed by atoms with Crippen molar-refractivity contribution in [2.45, 2.75) is 25.8 Å². The molecule has 0 atom stereocenters. The van der Waals surface area contributed by atoms with Crippen LogP contribution < -0.4 is 10.6 Å². The van der Waals surface area contributed by atoms with Crippen LogP contribution in [-0.2, 0) is 4.79 Å². The monoisotopic (exact) mass is 339 g/mol. The van der Waals surface area contributed by atoms with E-state index in [4.69, 9.17) is 0 Å². The summed E-state index contributed by atoms with van der Waals surface area (Å²) in [6.07, 6.45) is 2.22. The summed E-state index contributed by atoms with van der Waals surface area (Å²) in [6.45, 7) is 4.53. The number of nitrogens with zero attached hydrogens (tertiary/aromatic N) is 1. The minimum atomic E-state index is 0.0523. The van der Waals surface area contributed by atoms with Gasteiger partial charge in [-0.25, -0.2) is 0 Å². The van der Waals surface area contributed by atoms with Gasteiger partial charge in [-0.1, -0.05) is 15.9 Å². The molecule has 0 aromatic heterocycles. The first-order valence-corrected chi connectivity index (χ1v) is 7.82. The van der Waals surface area contributed by atoms with E-state index in [9.17, 15) is 4.79 Å². The van der Waals surface area contributed by atoms with Crippen LogP contribution >= 0.6 is 15.9 Å². The number of rotatable bonds is 4. The number of hydrogen-bond donors (Lipinski definition) is 2. The Morgan fingerprint density at radius 1 is 1.45 bits per heavy atom. The van der Waals surface area contributed by atoms with Crippen molar-refractivity contribution in [2.75, 3.05) is 32.0 Å². The van der Waals surface area contributed by atoms with Crippen molar-refractivity contribution in [1.29, 1.82) is 0 Å². The zero-order valence-corrected chi connectivity index (χ0v) is 13.7. The number of carbonyl (C=O) groups is 1. The molecule has 1 aliphatic rings. The molecule has 4 nitrogen and oxygen atoms in total. The van der Waals surface area contributed by atoms with Crippen molar-refractivity contribution >= 4 is 27.5 Å². The summed E-state index contributed by atoms with van der Waals surface area (Å²) in [6, 6.07) is 6.39. The molecular formula is C15H22BrN3O. The lowest BCUT2D eigenvalue weighted by Crippen LogP contribution is -2.44. The molecule has 0 unspecified atom stereocenters. The molecule has 1 aliphatic heterocycles. The Balaban J connectivity index is 1.88. The highest BCUT2D eigenvalue weighted by molar-refractivity contribution is 9.10. The molecule has 2 N–H and O–H groups in total. The van der Waals surface area contributed by atoms with E-state index in [2.05, 4.69) is 31.5 Å². The molecule has 0 aliphatic carbocycles. The van der Waals surface area contributed by atoms with Gasteiger partial charge in [0.1, 0.15) is 0 Å². The van der Waals surface area contributed by atoms with Crippen molar-refractivity contribution in [1.82, 2.24) is 10.2 Å². The van der Waals surface area contributed by atoms with Crippen LogP contribution in [0.5, 0.6) is 0 Å². The predicted molar refractivity (Wildman–Crippen MR) is 86.0 cm³/mol. The van der Waals surface area contributed by atoms with Gasteiger partial charge in [0.15, 0.2) is 0 Å². The summed E-state index contributed by atoms with van der Waals surface area (Å²) >= 11 is 3.43. The van der Waals surface area contributed by atoms with Gasteiger partial charge in [-0.15, -0.1) is 0 Å². The third-order valence-electron chi connectivity index (χ3n) is 3.79. The average molecular weight is 340 g/mol. The Bertz CT molecular complexity index is 472. The van der Waals surface area contributed by atoms with Gasteiger partial charge in [-0.3, -0.25) is 9.69 Å². The van der Waals surface area contributed by atoms with E-state index in [0.29, 0.717) is 12.6 Å². The molecule has 0 spiro atoms. The summed E-state index contributed by atoms with van der Waals surface area (Å²) in [5, 5.41) is 6.33. The Morgan fingerprint density at radius 3 is 2.80 bits per heavy atom. The first-order valence-electron chi connectivity index (χ1n) is 7.03. The number of anilines is 1. The lowest BCUT2D eigenvalue weighted by Gasteiger charge is -2.31. The summed E-state index contributed by atoms with van der Waals surface area (Å²) < 4.78 is 1.03. The molecule has 0 radical (unpaired) electrons. The fraction of sp³-hybridized carbons (Fsp3) is 0.533. The second-order valence-electron chi connectivity index (χ2n) is 5.40. The van der Waals surface area contributed by atoms with Gasteiger partial charge in [-0.2, -0.15) is 0 Å². The van der Waals surface area contributed by atoms with Crippen molar-refractivity contribution in [3.05, 3.63) is 28.2 Å². The Kier molecular flexibility index (Phi) is 5.57. The average Bonchev–Trinajstić information content (AvgIpc) is 2.43. The maximum Gasteiger partial charge on any atom is 0.238 e. The topological polar surface area (TPSA) is 44.4 Å². The largest absolute Gasteiger partial charge is 0.325 e. The number of piperidine rings is 1. The maximum absolute atomic E-state index is 12.1. The summed E-state index contributed by atoms with van der Waals surface area (Å²) in [7, 11) is 2.03. The van der Waals surface area contributed by atoms with Crippen LogP contribution in [0.4, 0.5) is 5.69 Å². The van der Waals surface area contributed by atoms with Crippen LogP contribution in [0.15, 0.2) is 22.7 Å². The van der Waals surface area contributed by atoms with Gasteiger partial charge >= 0.3 is 0 Å². The smallest absolute Gasteiger partial charge is 0.238 e. The third-order valence-corrected chi connectivity index (χ3v) is 4.28. The minimum absolute atomic E-state index is 0.0523. The molecule has 20 heavy (non-hydrogen) atoms. The first kappa shape index (κ1) is 15.5. The highest BCUT2D eigenvalue weighted by Crippen LogP contribution is 2.20. The number of aryl methyl sites for hydroxylation is 1. The van der Waals surface area contributed by atoms with Crippen LogP contribution in [0.25, 0.3) is 0 Å². The normalized spacial score (nSPS) is 16.4. The standard InChI is InChI=1S/C15H22BrN3O/c1-11-9-12(16)3-4-14(11)18-15(20)10-19(2)13-5-7-17-8-6-13/h3-4,9,13,17H,5-8,10H2,1-2H3,(H,18,20). The molecule has 2 rings (SSSR count). The Labute approximate surface area is 129 Å². The van der Waals surface area contributed by atoms with Crippen molar-refractivity contribution in [3.8, 4) is 0 Å². The summed E-state index contributed by atoms with van der Waals surface area (Å²) in [5.41, 5.74) is 1.95. The molecule has 1 saturated heterocycles. The number of benzene rings is 1. The molecule has 110 valence electrons. The third kappa shape index (κ3) is 4.30. The van der Waals surface area contributed by atoms with Crippen LogP contribution in [0.3, 0.4) is 0 Å². The molecule has 5 heteroatoms.